The molecule has 2 rings (SSSR count). The maximum Gasteiger partial charge on any atom is 0.307 e. The van der Waals surface area contributed by atoms with Gasteiger partial charge in [0.1, 0.15) is 0 Å². The highest BCUT2D eigenvalue weighted by atomic mass is 16.4. The van der Waals surface area contributed by atoms with E-state index in [-0.39, 0.29) is 17.9 Å². The lowest BCUT2D eigenvalue weighted by Crippen LogP contribution is -2.36. The highest BCUT2D eigenvalue weighted by molar-refractivity contribution is 5.98. The summed E-state index contributed by atoms with van der Waals surface area (Å²) in [6, 6.07) is 6.79. The number of hydrogen-bond donors (Lipinski definition) is 3. The Hall–Kier alpha value is -2.37. The van der Waals surface area contributed by atoms with Crippen LogP contribution in [0.25, 0.3) is 0 Å². The Morgan fingerprint density at radius 2 is 1.88 bits per heavy atom. The number of aliphatic carboxylic acids is 1. The van der Waals surface area contributed by atoms with E-state index < -0.39 is 17.8 Å². The van der Waals surface area contributed by atoms with E-state index >= 15 is 0 Å². The Morgan fingerprint density at radius 1 is 1.20 bits per heavy atom. The Balaban J connectivity index is 2.07. The van der Waals surface area contributed by atoms with Crippen molar-refractivity contribution >= 4 is 23.5 Å². The highest BCUT2D eigenvalue weighted by Gasteiger charge is 2.35. The van der Waals surface area contributed by atoms with Crippen LogP contribution in [0.4, 0.5) is 5.69 Å². The van der Waals surface area contributed by atoms with Crippen LogP contribution >= 0.6 is 0 Å². The van der Waals surface area contributed by atoms with Gasteiger partial charge < -0.3 is 15.7 Å². The maximum atomic E-state index is 12.5. The van der Waals surface area contributed by atoms with E-state index in [0.717, 1.165) is 19.3 Å². The van der Waals surface area contributed by atoms with Gasteiger partial charge in [0, 0.05) is 17.3 Å². The first-order chi connectivity index (χ1) is 11.9. The zero-order valence-corrected chi connectivity index (χ0v) is 14.7. The Labute approximate surface area is 148 Å². The summed E-state index contributed by atoms with van der Waals surface area (Å²) in [5, 5.41) is 15.0. The molecule has 1 saturated carbocycles. The first-order valence-electron chi connectivity index (χ1n) is 8.87. The number of amides is 2. The SMILES string of the molecule is CCC(C)NC(=O)c1cccc(NC(=O)C2CCCCC2C(=O)O)c1. The van der Waals surface area contributed by atoms with E-state index in [1.807, 2.05) is 13.8 Å². The fourth-order valence-electron chi connectivity index (χ4n) is 3.12. The van der Waals surface area contributed by atoms with Gasteiger partial charge in [-0.15, -0.1) is 0 Å². The molecule has 0 aliphatic heterocycles. The molecule has 1 aliphatic rings. The molecule has 3 atom stereocenters. The van der Waals surface area contributed by atoms with E-state index in [2.05, 4.69) is 10.6 Å². The number of carboxylic acid groups (broad SMARTS) is 1. The molecule has 136 valence electrons. The van der Waals surface area contributed by atoms with Crippen LogP contribution in [0.1, 0.15) is 56.3 Å². The van der Waals surface area contributed by atoms with Gasteiger partial charge in [-0.3, -0.25) is 14.4 Å². The summed E-state index contributed by atoms with van der Waals surface area (Å²) in [7, 11) is 0. The van der Waals surface area contributed by atoms with Gasteiger partial charge in [-0.25, -0.2) is 0 Å². The van der Waals surface area contributed by atoms with Crippen molar-refractivity contribution < 1.29 is 19.5 Å². The van der Waals surface area contributed by atoms with E-state index in [1.54, 1.807) is 24.3 Å². The van der Waals surface area contributed by atoms with Gasteiger partial charge in [0.05, 0.1) is 11.8 Å². The minimum Gasteiger partial charge on any atom is -0.481 e. The summed E-state index contributed by atoms with van der Waals surface area (Å²) < 4.78 is 0. The van der Waals surface area contributed by atoms with Gasteiger partial charge in [-0.05, 0) is 44.4 Å². The second-order valence-electron chi connectivity index (χ2n) is 6.69. The number of rotatable bonds is 6. The van der Waals surface area contributed by atoms with Crippen LogP contribution < -0.4 is 10.6 Å². The number of hydrogen-bond acceptors (Lipinski definition) is 3. The van der Waals surface area contributed by atoms with Crippen molar-refractivity contribution in [3.05, 3.63) is 29.8 Å². The molecular formula is C19H26N2O4. The molecule has 3 N–H and O–H groups in total. The normalized spacial score (nSPS) is 21.2. The van der Waals surface area contributed by atoms with Crippen LogP contribution in [0.15, 0.2) is 24.3 Å². The molecule has 6 heteroatoms. The molecule has 0 radical (unpaired) electrons. The zero-order chi connectivity index (χ0) is 18.4. The van der Waals surface area contributed by atoms with Crippen molar-refractivity contribution in [3.63, 3.8) is 0 Å². The molecule has 1 aromatic carbocycles. The number of nitrogens with one attached hydrogen (secondary N) is 2. The molecule has 1 fully saturated rings. The first-order valence-corrected chi connectivity index (χ1v) is 8.87. The lowest BCUT2D eigenvalue weighted by Gasteiger charge is -2.27. The van der Waals surface area contributed by atoms with Crippen LogP contribution in [0, 0.1) is 11.8 Å². The topological polar surface area (TPSA) is 95.5 Å². The Bertz CT molecular complexity index is 644. The van der Waals surface area contributed by atoms with Gasteiger partial charge in [0.15, 0.2) is 0 Å². The summed E-state index contributed by atoms with van der Waals surface area (Å²) in [5.41, 5.74) is 0.980. The van der Waals surface area contributed by atoms with Crippen molar-refractivity contribution in [2.75, 3.05) is 5.32 Å². The van der Waals surface area contributed by atoms with Crippen molar-refractivity contribution in [3.8, 4) is 0 Å². The molecule has 1 aliphatic carbocycles. The van der Waals surface area contributed by atoms with Crippen molar-refractivity contribution in [2.45, 2.75) is 52.0 Å². The second-order valence-corrected chi connectivity index (χ2v) is 6.69. The molecule has 0 saturated heterocycles. The molecule has 2 amide bonds. The summed E-state index contributed by atoms with van der Waals surface area (Å²) in [4.78, 5) is 36.1. The molecular weight excluding hydrogens is 320 g/mol. The minimum atomic E-state index is -0.915. The van der Waals surface area contributed by atoms with Crippen molar-refractivity contribution in [1.29, 1.82) is 0 Å². The van der Waals surface area contributed by atoms with E-state index in [4.69, 9.17) is 0 Å². The fraction of sp³-hybridized carbons (Fsp3) is 0.526. The van der Waals surface area contributed by atoms with Crippen LogP contribution in [0.2, 0.25) is 0 Å². The smallest absolute Gasteiger partial charge is 0.307 e. The van der Waals surface area contributed by atoms with E-state index in [1.165, 1.54) is 0 Å². The van der Waals surface area contributed by atoms with Gasteiger partial charge in [0.2, 0.25) is 5.91 Å². The molecule has 0 bridgehead atoms. The van der Waals surface area contributed by atoms with Crippen molar-refractivity contribution in [2.24, 2.45) is 11.8 Å². The van der Waals surface area contributed by atoms with Crippen molar-refractivity contribution in [1.82, 2.24) is 5.32 Å². The molecule has 0 aromatic heterocycles. The third-order valence-electron chi connectivity index (χ3n) is 4.80. The largest absolute Gasteiger partial charge is 0.481 e. The number of benzene rings is 1. The highest BCUT2D eigenvalue weighted by Crippen LogP contribution is 2.31. The predicted molar refractivity (Wildman–Crippen MR) is 95.4 cm³/mol. The maximum absolute atomic E-state index is 12.5. The summed E-state index contributed by atoms with van der Waals surface area (Å²) in [6.45, 7) is 3.92. The third-order valence-corrected chi connectivity index (χ3v) is 4.80. The van der Waals surface area contributed by atoms with Crippen LogP contribution in [0.3, 0.4) is 0 Å². The number of carbonyl (C=O) groups is 3. The Kier molecular flexibility index (Phi) is 6.56. The number of carbonyl (C=O) groups excluding carboxylic acids is 2. The molecule has 3 unspecified atom stereocenters. The molecule has 0 spiro atoms. The minimum absolute atomic E-state index is 0.0734. The summed E-state index contributed by atoms with van der Waals surface area (Å²) in [6.07, 6.45) is 3.65. The second kappa shape index (κ2) is 8.65. The van der Waals surface area contributed by atoms with Crippen LogP contribution in [-0.4, -0.2) is 28.9 Å². The van der Waals surface area contributed by atoms with Gasteiger partial charge in [-0.1, -0.05) is 25.8 Å². The number of anilines is 1. The zero-order valence-electron chi connectivity index (χ0n) is 14.7. The van der Waals surface area contributed by atoms with Gasteiger partial charge in [0.25, 0.3) is 5.91 Å². The molecule has 25 heavy (non-hydrogen) atoms. The lowest BCUT2D eigenvalue weighted by atomic mass is 9.78. The average Bonchev–Trinajstić information content (AvgIpc) is 2.61. The quantitative estimate of drug-likeness (QED) is 0.738. The summed E-state index contributed by atoms with van der Waals surface area (Å²) >= 11 is 0. The predicted octanol–water partition coefficient (Wildman–Crippen LogP) is 3.04. The van der Waals surface area contributed by atoms with Gasteiger partial charge >= 0.3 is 5.97 Å². The molecule has 6 nitrogen and oxygen atoms in total. The van der Waals surface area contributed by atoms with E-state index in [0.29, 0.717) is 24.1 Å². The first kappa shape index (κ1) is 19.0. The Morgan fingerprint density at radius 3 is 2.52 bits per heavy atom. The summed E-state index contributed by atoms with van der Waals surface area (Å²) in [5.74, 6) is -2.55. The average molecular weight is 346 g/mol. The number of carboxylic acids is 1. The van der Waals surface area contributed by atoms with E-state index in [9.17, 15) is 19.5 Å². The fourth-order valence-corrected chi connectivity index (χ4v) is 3.12. The van der Waals surface area contributed by atoms with Gasteiger partial charge in [-0.2, -0.15) is 0 Å². The molecule has 1 aromatic rings. The standard InChI is InChI=1S/C19H26N2O4/c1-3-12(2)20-17(22)13-7-6-8-14(11-13)21-18(23)15-9-4-5-10-16(15)19(24)25/h6-8,11-12,15-16H,3-5,9-10H2,1-2H3,(H,20,22)(H,21,23)(H,24,25). The lowest BCUT2D eigenvalue weighted by molar-refractivity contribution is -0.147. The molecule has 0 heterocycles. The van der Waals surface area contributed by atoms with Crippen LogP contribution in [-0.2, 0) is 9.59 Å². The van der Waals surface area contributed by atoms with Crippen LogP contribution in [0.5, 0.6) is 0 Å². The monoisotopic (exact) mass is 346 g/mol. The third kappa shape index (κ3) is 5.05.